The van der Waals surface area contributed by atoms with Gasteiger partial charge < -0.3 is 35.5 Å². The summed E-state index contributed by atoms with van der Waals surface area (Å²) < 4.78 is 16.1. The van der Waals surface area contributed by atoms with Crippen LogP contribution in [0, 0.1) is 0 Å². The molecule has 2 aromatic rings. The fourth-order valence-electron chi connectivity index (χ4n) is 2.09. The van der Waals surface area contributed by atoms with Gasteiger partial charge in [-0.1, -0.05) is 0 Å². The molecule has 2 rings (SSSR count). The number of aromatic hydroxyl groups is 1. The Morgan fingerprint density at radius 3 is 2.15 bits per heavy atom. The van der Waals surface area contributed by atoms with E-state index in [1.165, 1.54) is 12.1 Å². The first-order chi connectivity index (χ1) is 13.0. The van der Waals surface area contributed by atoms with Crippen molar-refractivity contribution in [2.24, 2.45) is 5.73 Å². The van der Waals surface area contributed by atoms with Crippen molar-refractivity contribution < 1.29 is 29.2 Å². The summed E-state index contributed by atoms with van der Waals surface area (Å²) in [5.74, 6) is 1.42. The first-order valence-electron chi connectivity index (χ1n) is 8.47. The van der Waals surface area contributed by atoms with E-state index in [1.807, 2.05) is 0 Å². The first-order valence-corrected chi connectivity index (χ1v) is 8.47. The normalized spacial score (nSPS) is 11.6. The van der Waals surface area contributed by atoms with E-state index in [1.54, 1.807) is 36.4 Å². The van der Waals surface area contributed by atoms with Crippen molar-refractivity contribution in [1.29, 1.82) is 0 Å². The van der Waals surface area contributed by atoms with Crippen LogP contribution in [0.5, 0.6) is 23.0 Å². The van der Waals surface area contributed by atoms with Crippen LogP contribution in [0.15, 0.2) is 48.5 Å². The Hall–Kier alpha value is -2.97. The predicted molar refractivity (Wildman–Crippen MR) is 99.1 cm³/mol. The highest BCUT2D eigenvalue weighted by Gasteiger charge is 2.05. The van der Waals surface area contributed by atoms with Crippen molar-refractivity contribution in [2.75, 3.05) is 32.9 Å². The molecule has 5 N–H and O–H groups in total. The van der Waals surface area contributed by atoms with Gasteiger partial charge in [-0.15, -0.1) is 0 Å². The van der Waals surface area contributed by atoms with Gasteiger partial charge in [0.25, 0.3) is 5.91 Å². The van der Waals surface area contributed by atoms with E-state index in [0.717, 1.165) is 0 Å². The fourth-order valence-corrected chi connectivity index (χ4v) is 2.09. The number of phenolic OH excluding ortho intramolecular Hbond substituents is 1. The van der Waals surface area contributed by atoms with Gasteiger partial charge in [0.1, 0.15) is 42.3 Å². The molecule has 0 aliphatic rings. The van der Waals surface area contributed by atoms with E-state index in [9.17, 15) is 15.0 Å². The van der Waals surface area contributed by atoms with Crippen LogP contribution in [0.25, 0.3) is 0 Å². The number of aliphatic hydroxyl groups is 1. The molecular formula is C19H24N2O6. The fraction of sp³-hybridized carbons (Fsp3) is 0.316. The summed E-state index contributed by atoms with van der Waals surface area (Å²) in [6.07, 6.45) is -0.666. The van der Waals surface area contributed by atoms with Crippen molar-refractivity contribution in [1.82, 2.24) is 5.32 Å². The Labute approximate surface area is 157 Å². The number of benzene rings is 2. The number of ether oxygens (including phenoxy) is 3. The third kappa shape index (κ3) is 8.30. The molecule has 0 bridgehead atoms. The smallest absolute Gasteiger partial charge is 0.255 e. The SMILES string of the molecule is NC(=O)COc1ccc(OCCNCC(O)COc2ccc(O)cc2)cc1. The number of aliphatic hydroxyl groups excluding tert-OH is 1. The lowest BCUT2D eigenvalue weighted by molar-refractivity contribution is -0.119. The third-order valence-electron chi connectivity index (χ3n) is 3.41. The molecule has 0 radical (unpaired) electrons. The number of nitrogens with one attached hydrogen (secondary N) is 1. The number of carbonyl (C=O) groups is 1. The molecule has 1 atom stereocenters. The molecule has 2 aromatic carbocycles. The molecule has 146 valence electrons. The molecule has 1 amide bonds. The van der Waals surface area contributed by atoms with Crippen LogP contribution in [0.3, 0.4) is 0 Å². The number of hydrogen-bond acceptors (Lipinski definition) is 7. The molecule has 0 saturated carbocycles. The first kappa shape index (κ1) is 20.3. The number of primary amides is 1. The number of carbonyl (C=O) groups excluding carboxylic acids is 1. The molecule has 0 aromatic heterocycles. The van der Waals surface area contributed by atoms with Crippen LogP contribution < -0.4 is 25.3 Å². The lowest BCUT2D eigenvalue weighted by atomic mass is 10.3. The van der Waals surface area contributed by atoms with Gasteiger partial charge in [-0.25, -0.2) is 0 Å². The summed E-state index contributed by atoms with van der Waals surface area (Å²) in [4.78, 5) is 10.6. The zero-order valence-electron chi connectivity index (χ0n) is 14.8. The Kier molecular flexibility index (Phi) is 8.21. The van der Waals surface area contributed by atoms with Gasteiger partial charge in [0.15, 0.2) is 6.61 Å². The maximum atomic E-state index is 10.6. The predicted octanol–water partition coefficient (Wildman–Crippen LogP) is 0.665. The minimum absolute atomic E-state index is 0.144. The molecular weight excluding hydrogens is 352 g/mol. The second kappa shape index (κ2) is 10.9. The molecule has 0 spiro atoms. The van der Waals surface area contributed by atoms with Crippen molar-refractivity contribution in [3.8, 4) is 23.0 Å². The van der Waals surface area contributed by atoms with Gasteiger partial charge in [0.2, 0.25) is 0 Å². The van der Waals surface area contributed by atoms with Crippen LogP contribution in [0.4, 0.5) is 0 Å². The zero-order valence-corrected chi connectivity index (χ0v) is 14.8. The molecule has 0 saturated heterocycles. The maximum absolute atomic E-state index is 10.6. The van der Waals surface area contributed by atoms with E-state index >= 15 is 0 Å². The van der Waals surface area contributed by atoms with Gasteiger partial charge in [-0.2, -0.15) is 0 Å². The van der Waals surface area contributed by atoms with Crippen molar-refractivity contribution in [2.45, 2.75) is 6.10 Å². The van der Waals surface area contributed by atoms with Crippen molar-refractivity contribution >= 4 is 5.91 Å². The van der Waals surface area contributed by atoms with E-state index < -0.39 is 12.0 Å². The van der Waals surface area contributed by atoms with Gasteiger partial charge in [-0.05, 0) is 48.5 Å². The Bertz CT molecular complexity index is 690. The van der Waals surface area contributed by atoms with Gasteiger partial charge in [0.05, 0.1) is 0 Å². The molecule has 8 nitrogen and oxygen atoms in total. The maximum Gasteiger partial charge on any atom is 0.255 e. The average Bonchev–Trinajstić information content (AvgIpc) is 2.66. The molecule has 0 aliphatic heterocycles. The van der Waals surface area contributed by atoms with E-state index in [-0.39, 0.29) is 19.0 Å². The van der Waals surface area contributed by atoms with E-state index in [0.29, 0.717) is 36.9 Å². The second-order valence-corrected chi connectivity index (χ2v) is 5.74. The van der Waals surface area contributed by atoms with E-state index in [4.69, 9.17) is 19.9 Å². The van der Waals surface area contributed by atoms with Crippen LogP contribution >= 0.6 is 0 Å². The molecule has 8 heteroatoms. The Morgan fingerprint density at radius 2 is 1.52 bits per heavy atom. The van der Waals surface area contributed by atoms with Crippen molar-refractivity contribution in [3.63, 3.8) is 0 Å². The largest absolute Gasteiger partial charge is 0.508 e. The summed E-state index contributed by atoms with van der Waals surface area (Å²) in [6, 6.07) is 13.2. The number of phenols is 1. The number of hydrogen-bond donors (Lipinski definition) is 4. The standard InChI is InChI=1S/C19H24N2O6/c20-19(24)13-27-18-7-5-16(6-8-18)25-10-9-21-11-15(23)12-26-17-3-1-14(22)2-4-17/h1-8,15,21-23H,9-13H2,(H2,20,24). The van der Waals surface area contributed by atoms with Crippen LogP contribution in [-0.4, -0.2) is 55.1 Å². The number of rotatable bonds is 12. The highest BCUT2D eigenvalue weighted by Crippen LogP contribution is 2.17. The van der Waals surface area contributed by atoms with Gasteiger partial charge in [-0.3, -0.25) is 4.79 Å². The molecule has 0 aliphatic carbocycles. The molecule has 0 fully saturated rings. The van der Waals surface area contributed by atoms with Crippen LogP contribution in [0.1, 0.15) is 0 Å². The lowest BCUT2D eigenvalue weighted by Gasteiger charge is -2.14. The van der Waals surface area contributed by atoms with Crippen molar-refractivity contribution in [3.05, 3.63) is 48.5 Å². The van der Waals surface area contributed by atoms with Gasteiger partial charge >= 0.3 is 0 Å². The minimum atomic E-state index is -0.666. The third-order valence-corrected chi connectivity index (χ3v) is 3.41. The summed E-state index contributed by atoms with van der Waals surface area (Å²) in [5, 5.41) is 22.1. The molecule has 0 heterocycles. The van der Waals surface area contributed by atoms with Gasteiger partial charge in [0, 0.05) is 13.1 Å². The minimum Gasteiger partial charge on any atom is -0.508 e. The molecule has 27 heavy (non-hydrogen) atoms. The highest BCUT2D eigenvalue weighted by molar-refractivity contribution is 5.75. The number of amides is 1. The second-order valence-electron chi connectivity index (χ2n) is 5.74. The monoisotopic (exact) mass is 376 g/mol. The van der Waals surface area contributed by atoms with Crippen LogP contribution in [-0.2, 0) is 4.79 Å². The Balaban J connectivity index is 1.55. The zero-order chi connectivity index (χ0) is 19.5. The quantitative estimate of drug-likeness (QED) is 0.401. The average molecular weight is 376 g/mol. The number of nitrogens with two attached hydrogens (primary N) is 1. The summed E-state index contributed by atoms with van der Waals surface area (Å²) in [6.45, 7) is 1.32. The van der Waals surface area contributed by atoms with Crippen LogP contribution in [0.2, 0.25) is 0 Å². The summed E-state index contributed by atoms with van der Waals surface area (Å²) in [5.41, 5.74) is 5.01. The molecule has 1 unspecified atom stereocenters. The van der Waals surface area contributed by atoms with E-state index in [2.05, 4.69) is 5.32 Å². The summed E-state index contributed by atoms with van der Waals surface area (Å²) >= 11 is 0. The topological polar surface area (TPSA) is 123 Å². The highest BCUT2D eigenvalue weighted by atomic mass is 16.5. The lowest BCUT2D eigenvalue weighted by Crippen LogP contribution is -2.33. The Morgan fingerprint density at radius 1 is 0.963 bits per heavy atom. The summed E-state index contributed by atoms with van der Waals surface area (Å²) in [7, 11) is 0.